The van der Waals surface area contributed by atoms with Crippen molar-refractivity contribution < 1.29 is 4.79 Å². The van der Waals surface area contributed by atoms with Crippen molar-refractivity contribution in [1.29, 1.82) is 0 Å². The minimum absolute atomic E-state index is 0.0369. The van der Waals surface area contributed by atoms with Crippen molar-refractivity contribution in [3.8, 4) is 0 Å². The molecule has 1 aromatic heterocycles. The van der Waals surface area contributed by atoms with Crippen LogP contribution >= 0.6 is 23.6 Å². The fraction of sp³-hybridized carbons (Fsp3) is 0.400. The van der Waals surface area contributed by atoms with Crippen LogP contribution in [0.3, 0.4) is 0 Å². The van der Waals surface area contributed by atoms with Crippen LogP contribution in [0.25, 0.3) is 0 Å². The maximum atomic E-state index is 11.7. The molecule has 0 fully saturated rings. The van der Waals surface area contributed by atoms with E-state index in [2.05, 4.69) is 5.32 Å². The number of nitrogens with one attached hydrogen (secondary N) is 1. The molecule has 1 amide bonds. The SMILES string of the molecule is CCC(CC(N)=S)NC(=O)c1ccsc1. The third-order valence-electron chi connectivity index (χ3n) is 2.06. The van der Waals surface area contributed by atoms with Crippen LogP contribution in [0.1, 0.15) is 30.1 Å². The molecule has 0 bridgehead atoms. The highest BCUT2D eigenvalue weighted by atomic mass is 32.1. The number of hydrogen-bond acceptors (Lipinski definition) is 3. The average Bonchev–Trinajstić information content (AvgIpc) is 2.68. The lowest BCUT2D eigenvalue weighted by Crippen LogP contribution is -2.36. The van der Waals surface area contributed by atoms with Gasteiger partial charge in [0.1, 0.15) is 0 Å². The smallest absolute Gasteiger partial charge is 0.252 e. The largest absolute Gasteiger partial charge is 0.393 e. The molecule has 5 heteroatoms. The molecule has 1 rings (SSSR count). The second-order valence-corrected chi connectivity index (χ2v) is 4.57. The van der Waals surface area contributed by atoms with Gasteiger partial charge in [0.2, 0.25) is 0 Å². The fourth-order valence-electron chi connectivity index (χ4n) is 1.20. The summed E-state index contributed by atoms with van der Waals surface area (Å²) in [5, 5.41) is 6.60. The molecule has 0 saturated heterocycles. The monoisotopic (exact) mass is 242 g/mol. The van der Waals surface area contributed by atoms with E-state index in [1.165, 1.54) is 11.3 Å². The minimum atomic E-state index is -0.0562. The molecule has 0 aromatic carbocycles. The lowest BCUT2D eigenvalue weighted by Gasteiger charge is -2.15. The lowest BCUT2D eigenvalue weighted by molar-refractivity contribution is 0.0937. The summed E-state index contributed by atoms with van der Waals surface area (Å²) < 4.78 is 0. The molecule has 15 heavy (non-hydrogen) atoms. The molecule has 1 unspecified atom stereocenters. The Kier molecular flexibility index (Phi) is 4.71. The summed E-state index contributed by atoms with van der Waals surface area (Å²) in [7, 11) is 0. The van der Waals surface area contributed by atoms with Crippen LogP contribution in [-0.2, 0) is 0 Å². The highest BCUT2D eigenvalue weighted by molar-refractivity contribution is 7.80. The Labute approximate surface area is 98.7 Å². The van der Waals surface area contributed by atoms with Gasteiger partial charge in [0.05, 0.1) is 4.99 Å². The van der Waals surface area contributed by atoms with Gasteiger partial charge in [-0.2, -0.15) is 11.3 Å². The minimum Gasteiger partial charge on any atom is -0.393 e. The number of amides is 1. The van der Waals surface area contributed by atoms with Gasteiger partial charge in [-0.05, 0) is 17.9 Å². The van der Waals surface area contributed by atoms with Gasteiger partial charge in [-0.25, -0.2) is 0 Å². The molecule has 0 radical (unpaired) electrons. The Morgan fingerprint density at radius 3 is 2.93 bits per heavy atom. The van der Waals surface area contributed by atoms with Crippen LogP contribution in [0, 0.1) is 0 Å². The van der Waals surface area contributed by atoms with Gasteiger partial charge in [-0.15, -0.1) is 0 Å². The quantitative estimate of drug-likeness (QED) is 0.776. The zero-order chi connectivity index (χ0) is 11.3. The van der Waals surface area contributed by atoms with E-state index in [-0.39, 0.29) is 11.9 Å². The second kappa shape index (κ2) is 5.82. The van der Waals surface area contributed by atoms with Crippen LogP contribution in [0.4, 0.5) is 0 Å². The first kappa shape index (κ1) is 12.1. The molecule has 0 spiro atoms. The molecule has 1 atom stereocenters. The molecule has 82 valence electrons. The van der Waals surface area contributed by atoms with Crippen molar-refractivity contribution in [2.24, 2.45) is 5.73 Å². The molecule has 1 aromatic rings. The number of rotatable bonds is 5. The van der Waals surface area contributed by atoms with Crippen molar-refractivity contribution in [2.75, 3.05) is 0 Å². The summed E-state index contributed by atoms with van der Waals surface area (Å²) >= 11 is 6.32. The summed E-state index contributed by atoms with van der Waals surface area (Å²) in [5.41, 5.74) is 6.14. The van der Waals surface area contributed by atoms with Crippen molar-refractivity contribution in [2.45, 2.75) is 25.8 Å². The Morgan fingerprint density at radius 2 is 2.47 bits per heavy atom. The van der Waals surface area contributed by atoms with E-state index in [1.54, 1.807) is 6.07 Å². The molecular weight excluding hydrogens is 228 g/mol. The number of nitrogens with two attached hydrogens (primary N) is 1. The topological polar surface area (TPSA) is 55.1 Å². The summed E-state index contributed by atoms with van der Waals surface area (Å²) in [5.74, 6) is -0.0562. The maximum Gasteiger partial charge on any atom is 0.252 e. The zero-order valence-corrected chi connectivity index (χ0v) is 10.2. The maximum absolute atomic E-state index is 11.7. The van der Waals surface area contributed by atoms with Gasteiger partial charge in [-0.3, -0.25) is 4.79 Å². The molecule has 0 aliphatic carbocycles. The van der Waals surface area contributed by atoms with Gasteiger partial charge in [0.25, 0.3) is 5.91 Å². The molecule has 0 aliphatic heterocycles. The first-order valence-electron chi connectivity index (χ1n) is 4.74. The third-order valence-corrected chi connectivity index (χ3v) is 2.91. The summed E-state index contributed by atoms with van der Waals surface area (Å²) in [4.78, 5) is 12.1. The zero-order valence-electron chi connectivity index (χ0n) is 8.53. The van der Waals surface area contributed by atoms with Crippen LogP contribution < -0.4 is 11.1 Å². The van der Waals surface area contributed by atoms with Gasteiger partial charge < -0.3 is 11.1 Å². The van der Waals surface area contributed by atoms with Crippen LogP contribution in [0.2, 0.25) is 0 Å². The number of thiocarbonyl (C=S) groups is 1. The van der Waals surface area contributed by atoms with Crippen molar-refractivity contribution >= 4 is 34.5 Å². The van der Waals surface area contributed by atoms with E-state index >= 15 is 0 Å². The Balaban J connectivity index is 2.52. The van der Waals surface area contributed by atoms with Crippen LogP contribution in [-0.4, -0.2) is 16.9 Å². The van der Waals surface area contributed by atoms with Gasteiger partial charge in [0.15, 0.2) is 0 Å². The number of carbonyl (C=O) groups is 1. The Bertz CT molecular complexity index is 335. The Hall–Kier alpha value is -0.940. The molecular formula is C10H14N2OS2. The van der Waals surface area contributed by atoms with Crippen LogP contribution in [0.5, 0.6) is 0 Å². The Morgan fingerprint density at radius 1 is 1.73 bits per heavy atom. The summed E-state index contributed by atoms with van der Waals surface area (Å²) in [6.07, 6.45) is 1.38. The van der Waals surface area contributed by atoms with Crippen molar-refractivity contribution in [1.82, 2.24) is 5.32 Å². The number of hydrogen-bond donors (Lipinski definition) is 2. The first-order chi connectivity index (χ1) is 7.13. The second-order valence-electron chi connectivity index (χ2n) is 3.26. The van der Waals surface area contributed by atoms with E-state index in [4.69, 9.17) is 18.0 Å². The average molecular weight is 242 g/mol. The molecule has 0 saturated carbocycles. The predicted molar refractivity (Wildman–Crippen MR) is 67.3 cm³/mol. The number of carbonyl (C=O) groups excluding carboxylic acids is 1. The van der Waals surface area contributed by atoms with Crippen molar-refractivity contribution in [3.63, 3.8) is 0 Å². The van der Waals surface area contributed by atoms with Gasteiger partial charge in [-0.1, -0.05) is 19.1 Å². The van der Waals surface area contributed by atoms with E-state index < -0.39 is 0 Å². The first-order valence-corrected chi connectivity index (χ1v) is 6.10. The van der Waals surface area contributed by atoms with E-state index in [0.29, 0.717) is 17.0 Å². The number of thiophene rings is 1. The normalized spacial score (nSPS) is 12.1. The molecule has 1 heterocycles. The molecule has 3 nitrogen and oxygen atoms in total. The fourth-order valence-corrected chi connectivity index (χ4v) is 2.04. The van der Waals surface area contributed by atoms with Crippen LogP contribution in [0.15, 0.2) is 16.8 Å². The van der Waals surface area contributed by atoms with Gasteiger partial charge in [0, 0.05) is 23.4 Å². The predicted octanol–water partition coefficient (Wildman–Crippen LogP) is 1.93. The van der Waals surface area contributed by atoms with Gasteiger partial charge >= 0.3 is 0 Å². The highest BCUT2D eigenvalue weighted by Crippen LogP contribution is 2.07. The third kappa shape index (κ3) is 3.97. The lowest BCUT2D eigenvalue weighted by atomic mass is 10.1. The summed E-state index contributed by atoms with van der Waals surface area (Å²) in [6, 6.07) is 1.84. The molecule has 0 aliphatic rings. The standard InChI is InChI=1S/C10H14N2OS2/c1-2-8(5-9(11)14)12-10(13)7-3-4-15-6-7/h3-4,6,8H,2,5H2,1H3,(H2,11,14)(H,12,13). The van der Waals surface area contributed by atoms with E-state index in [0.717, 1.165) is 6.42 Å². The van der Waals surface area contributed by atoms with E-state index in [9.17, 15) is 4.79 Å². The molecule has 3 N–H and O–H groups in total. The summed E-state index contributed by atoms with van der Waals surface area (Å²) in [6.45, 7) is 2.00. The van der Waals surface area contributed by atoms with Crippen molar-refractivity contribution in [3.05, 3.63) is 22.4 Å². The highest BCUT2D eigenvalue weighted by Gasteiger charge is 2.12. The van der Waals surface area contributed by atoms with E-state index in [1.807, 2.05) is 17.7 Å².